The number of carbonyl (C=O) groups excluding carboxylic acids is 1. The average molecular weight is 487 g/mol. The predicted octanol–water partition coefficient (Wildman–Crippen LogP) is 2.58. The van der Waals surface area contributed by atoms with Gasteiger partial charge in [0.15, 0.2) is 0 Å². The van der Waals surface area contributed by atoms with Crippen molar-refractivity contribution in [3.8, 4) is 0 Å². The van der Waals surface area contributed by atoms with E-state index in [0.29, 0.717) is 45.1 Å². The maximum atomic E-state index is 12.3. The first kappa shape index (κ1) is 24.7. The van der Waals surface area contributed by atoms with Crippen LogP contribution in [-0.4, -0.2) is 82.9 Å². The zero-order chi connectivity index (χ0) is 23.9. The minimum absolute atomic E-state index is 0.122. The van der Waals surface area contributed by atoms with E-state index in [9.17, 15) is 9.59 Å². The zero-order valence-corrected chi connectivity index (χ0v) is 20.8. The van der Waals surface area contributed by atoms with Gasteiger partial charge in [0.1, 0.15) is 0 Å². The van der Waals surface area contributed by atoms with Crippen LogP contribution in [0.15, 0.2) is 35.1 Å². The zero-order valence-electron chi connectivity index (χ0n) is 20.0. The number of amides is 1. The Labute approximate surface area is 206 Å². The number of aromatic amines is 1. The number of H-pyrrole nitrogens is 1. The van der Waals surface area contributed by atoms with E-state index in [4.69, 9.17) is 16.6 Å². The van der Waals surface area contributed by atoms with Gasteiger partial charge in [-0.05, 0) is 24.1 Å². The number of benzene rings is 1. The Morgan fingerprint density at radius 3 is 2.26 bits per heavy atom. The van der Waals surface area contributed by atoms with Gasteiger partial charge in [0, 0.05) is 83.0 Å². The molecule has 2 aliphatic heterocycles. The lowest BCUT2D eigenvalue weighted by atomic mass is 10.2. The average Bonchev–Trinajstić information content (AvgIpc) is 2.85. The third-order valence-electron chi connectivity index (χ3n) is 6.63. The molecule has 2 fully saturated rings. The van der Waals surface area contributed by atoms with Crippen molar-refractivity contribution >= 4 is 23.5 Å². The lowest BCUT2D eigenvalue weighted by Gasteiger charge is -2.36. The van der Waals surface area contributed by atoms with Crippen LogP contribution >= 0.6 is 11.6 Å². The fraction of sp³-hybridized carbons (Fsp3) is 0.560. The molecule has 0 unspecified atom stereocenters. The van der Waals surface area contributed by atoms with Gasteiger partial charge in [-0.3, -0.25) is 24.4 Å². The molecule has 0 saturated carbocycles. The van der Waals surface area contributed by atoms with E-state index in [1.807, 2.05) is 17.0 Å². The molecule has 2 aromatic rings. The van der Waals surface area contributed by atoms with Gasteiger partial charge in [-0.2, -0.15) is 0 Å². The van der Waals surface area contributed by atoms with Crippen LogP contribution in [0, 0.1) is 0 Å². The van der Waals surface area contributed by atoms with E-state index in [1.165, 1.54) is 5.56 Å². The summed E-state index contributed by atoms with van der Waals surface area (Å²) in [4.78, 5) is 41.1. The second-order valence-electron chi connectivity index (χ2n) is 9.21. The molecule has 1 aromatic heterocycles. The van der Waals surface area contributed by atoms with Crippen molar-refractivity contribution in [1.82, 2.24) is 24.7 Å². The normalized spacial score (nSPS) is 17.8. The van der Waals surface area contributed by atoms with Gasteiger partial charge in [0.25, 0.3) is 5.56 Å². The summed E-state index contributed by atoms with van der Waals surface area (Å²) in [5, 5.41) is 0.764. The van der Waals surface area contributed by atoms with Gasteiger partial charge in [0.05, 0.1) is 5.69 Å². The molecule has 0 bridgehead atoms. The van der Waals surface area contributed by atoms with Crippen LogP contribution < -0.4 is 10.5 Å². The number of carbonyl (C=O) groups is 1. The summed E-state index contributed by atoms with van der Waals surface area (Å²) >= 11 is 5.99. The van der Waals surface area contributed by atoms with Crippen LogP contribution in [0.25, 0.3) is 0 Å². The first-order valence-electron chi connectivity index (χ1n) is 12.3. The molecule has 2 aliphatic rings. The number of anilines is 1. The molecule has 0 spiro atoms. The predicted molar refractivity (Wildman–Crippen MR) is 135 cm³/mol. The lowest BCUT2D eigenvalue weighted by molar-refractivity contribution is -0.131. The molecule has 0 radical (unpaired) electrons. The second kappa shape index (κ2) is 11.8. The fourth-order valence-electron chi connectivity index (χ4n) is 4.56. The van der Waals surface area contributed by atoms with Crippen molar-refractivity contribution in [2.45, 2.75) is 39.3 Å². The Bertz CT molecular complexity index is 995. The van der Waals surface area contributed by atoms with Gasteiger partial charge in [-0.25, -0.2) is 4.98 Å². The highest BCUT2D eigenvalue weighted by Crippen LogP contribution is 2.15. The maximum absolute atomic E-state index is 12.3. The second-order valence-corrected chi connectivity index (χ2v) is 9.65. The number of nitrogens with zero attached hydrogens (tertiary/aromatic N) is 5. The van der Waals surface area contributed by atoms with E-state index in [0.717, 1.165) is 56.3 Å². The van der Waals surface area contributed by atoms with Crippen LogP contribution in [-0.2, 0) is 17.9 Å². The number of piperazine rings is 2. The smallest absolute Gasteiger partial charge is 0.252 e. The Kier molecular flexibility index (Phi) is 8.59. The van der Waals surface area contributed by atoms with E-state index >= 15 is 0 Å². The number of aromatic nitrogens is 2. The maximum Gasteiger partial charge on any atom is 0.252 e. The number of unbranched alkanes of at least 4 members (excludes halogenated alkanes) is 1. The first-order chi connectivity index (χ1) is 16.5. The van der Waals surface area contributed by atoms with Crippen LogP contribution in [0.4, 0.5) is 5.95 Å². The van der Waals surface area contributed by atoms with E-state index in [1.54, 1.807) is 6.07 Å². The number of hydrogen-bond donors (Lipinski definition) is 1. The van der Waals surface area contributed by atoms with Gasteiger partial charge in [0.2, 0.25) is 11.9 Å². The molecule has 1 aromatic carbocycles. The van der Waals surface area contributed by atoms with Gasteiger partial charge >= 0.3 is 0 Å². The molecule has 4 rings (SSSR count). The molecular formula is C25H35ClN6O2. The number of nitrogens with one attached hydrogen (secondary N) is 1. The lowest BCUT2D eigenvalue weighted by Crippen LogP contribution is -2.49. The molecule has 2 saturated heterocycles. The summed E-state index contributed by atoms with van der Waals surface area (Å²) in [5.41, 5.74) is 1.94. The topological polar surface area (TPSA) is 75.8 Å². The number of hydrogen-bond acceptors (Lipinski definition) is 6. The molecule has 0 atom stereocenters. The van der Waals surface area contributed by atoms with Crippen molar-refractivity contribution in [3.63, 3.8) is 0 Å². The summed E-state index contributed by atoms with van der Waals surface area (Å²) in [6.45, 7) is 10.2. The third-order valence-corrected chi connectivity index (χ3v) is 6.88. The minimum Gasteiger partial charge on any atom is -0.339 e. The van der Waals surface area contributed by atoms with Crippen LogP contribution in [0.5, 0.6) is 0 Å². The van der Waals surface area contributed by atoms with E-state index < -0.39 is 0 Å². The Morgan fingerprint density at radius 2 is 1.62 bits per heavy atom. The minimum atomic E-state index is -0.122. The van der Waals surface area contributed by atoms with Crippen LogP contribution in [0.1, 0.15) is 37.4 Å². The summed E-state index contributed by atoms with van der Waals surface area (Å²) in [5.74, 6) is 0.844. The molecule has 3 heterocycles. The summed E-state index contributed by atoms with van der Waals surface area (Å²) in [6, 6.07) is 9.64. The Balaban J connectivity index is 1.28. The highest BCUT2D eigenvalue weighted by molar-refractivity contribution is 6.30. The summed E-state index contributed by atoms with van der Waals surface area (Å²) < 4.78 is 0. The van der Waals surface area contributed by atoms with Crippen LogP contribution in [0.2, 0.25) is 5.02 Å². The molecule has 1 N–H and O–H groups in total. The molecule has 34 heavy (non-hydrogen) atoms. The van der Waals surface area contributed by atoms with Crippen molar-refractivity contribution in [2.24, 2.45) is 0 Å². The molecule has 1 amide bonds. The van der Waals surface area contributed by atoms with Gasteiger partial charge in [-0.1, -0.05) is 37.1 Å². The van der Waals surface area contributed by atoms with Crippen molar-refractivity contribution < 1.29 is 4.79 Å². The molecular weight excluding hydrogens is 452 g/mol. The highest BCUT2D eigenvalue weighted by Gasteiger charge is 2.23. The molecule has 9 heteroatoms. The third kappa shape index (κ3) is 6.81. The SMILES string of the molecule is CCCCC(=O)N1CCN(c2nc(CN3CCN(Cc4ccc(Cl)cc4)CC3)cc(=O)[nH]2)CC1. The summed E-state index contributed by atoms with van der Waals surface area (Å²) in [6.07, 6.45) is 2.58. The Morgan fingerprint density at radius 1 is 0.971 bits per heavy atom. The van der Waals surface area contributed by atoms with Gasteiger partial charge < -0.3 is 9.80 Å². The van der Waals surface area contributed by atoms with Crippen molar-refractivity contribution in [3.05, 3.63) is 57.0 Å². The van der Waals surface area contributed by atoms with E-state index in [-0.39, 0.29) is 11.5 Å². The Hall–Kier alpha value is -2.42. The van der Waals surface area contributed by atoms with Crippen LogP contribution in [0.3, 0.4) is 0 Å². The number of rotatable bonds is 8. The van der Waals surface area contributed by atoms with E-state index in [2.05, 4.69) is 38.7 Å². The van der Waals surface area contributed by atoms with Crippen molar-refractivity contribution in [1.29, 1.82) is 0 Å². The fourth-order valence-corrected chi connectivity index (χ4v) is 4.69. The molecule has 8 nitrogen and oxygen atoms in total. The molecule has 0 aliphatic carbocycles. The highest BCUT2D eigenvalue weighted by atomic mass is 35.5. The van der Waals surface area contributed by atoms with Crippen molar-refractivity contribution in [2.75, 3.05) is 57.3 Å². The quantitative estimate of drug-likeness (QED) is 0.618. The monoisotopic (exact) mass is 486 g/mol. The first-order valence-corrected chi connectivity index (χ1v) is 12.7. The number of halogens is 1. The standard InChI is InChI=1S/C25H35ClN6O2/c1-2-3-4-24(34)31-13-15-32(16-14-31)25-27-22(17-23(33)28-25)19-30-11-9-29(10-12-30)18-20-5-7-21(26)8-6-20/h5-8,17H,2-4,9-16,18-19H2,1H3,(H,27,28,33). The van der Waals surface area contributed by atoms with Gasteiger partial charge in [-0.15, -0.1) is 0 Å². The largest absolute Gasteiger partial charge is 0.339 e. The molecule has 184 valence electrons. The summed E-state index contributed by atoms with van der Waals surface area (Å²) in [7, 11) is 0.